The monoisotopic (exact) mass is 349 g/mol. The topological polar surface area (TPSA) is 38.5 Å². The first-order chi connectivity index (χ1) is 9.53. The van der Waals surface area contributed by atoms with Gasteiger partial charge >= 0.3 is 0 Å². The Hall–Kier alpha value is -1.64. The molecular formula is C15H12BrNO2S. The minimum Gasteiger partial charge on any atom is -0.312 e. The normalized spacial score (nSPS) is 11.0. The molecule has 2 rings (SSSR count). The zero-order valence-electron chi connectivity index (χ0n) is 10.6. The molecule has 0 heterocycles. The van der Waals surface area contributed by atoms with Gasteiger partial charge in [-0.3, -0.25) is 0 Å². The number of nitrogens with zero attached hydrogens (tertiary/aromatic N) is 1. The van der Waals surface area contributed by atoms with E-state index in [4.69, 9.17) is 6.57 Å². The Morgan fingerprint density at radius 3 is 2.35 bits per heavy atom. The summed E-state index contributed by atoms with van der Waals surface area (Å²) < 4.78 is 25.3. The van der Waals surface area contributed by atoms with Crippen molar-refractivity contribution in [2.45, 2.75) is 17.2 Å². The summed E-state index contributed by atoms with van der Waals surface area (Å²) in [6, 6.07) is 14.0. The molecule has 0 saturated carbocycles. The molecule has 0 saturated heterocycles. The lowest BCUT2D eigenvalue weighted by Crippen LogP contribution is -2.06. The van der Waals surface area contributed by atoms with Gasteiger partial charge < -0.3 is 4.85 Å². The van der Waals surface area contributed by atoms with Crippen LogP contribution in [0, 0.1) is 6.57 Å². The average molecular weight is 350 g/mol. The first kappa shape index (κ1) is 14.8. The maximum Gasteiger partial charge on any atom is 0.239 e. The molecular weight excluding hydrogens is 338 g/mol. The molecule has 20 heavy (non-hydrogen) atoms. The maximum absolute atomic E-state index is 12.4. The molecule has 0 amide bonds. The van der Waals surface area contributed by atoms with Gasteiger partial charge in [0.1, 0.15) is 0 Å². The van der Waals surface area contributed by atoms with Crippen molar-refractivity contribution in [1.29, 1.82) is 0 Å². The van der Waals surface area contributed by atoms with E-state index in [1.54, 1.807) is 30.3 Å². The molecule has 0 atom stereocenters. The fraction of sp³-hybridized carbons (Fsp3) is 0.133. The highest BCUT2D eigenvalue weighted by Crippen LogP contribution is 2.26. The molecule has 0 N–H and O–H groups in total. The molecule has 0 aliphatic heterocycles. The van der Waals surface area contributed by atoms with E-state index in [2.05, 4.69) is 20.8 Å². The number of rotatable bonds is 4. The van der Waals surface area contributed by atoms with Crippen LogP contribution < -0.4 is 0 Å². The molecule has 0 fully saturated rings. The number of hydrogen-bond donors (Lipinski definition) is 0. The first-order valence-electron chi connectivity index (χ1n) is 5.91. The molecule has 102 valence electrons. The van der Waals surface area contributed by atoms with Gasteiger partial charge in [-0.1, -0.05) is 36.4 Å². The summed E-state index contributed by atoms with van der Waals surface area (Å²) in [4.78, 5) is 3.55. The van der Waals surface area contributed by atoms with Gasteiger partial charge in [0, 0.05) is 10.0 Å². The molecule has 0 unspecified atom stereocenters. The van der Waals surface area contributed by atoms with E-state index in [0.29, 0.717) is 4.47 Å². The van der Waals surface area contributed by atoms with Gasteiger partial charge in [-0.25, -0.2) is 15.0 Å². The zero-order valence-corrected chi connectivity index (χ0v) is 13.0. The molecule has 0 bridgehead atoms. The molecule has 2 aromatic carbocycles. The van der Waals surface area contributed by atoms with E-state index in [1.807, 2.05) is 18.2 Å². The second kappa shape index (κ2) is 6.21. The number of hydrogen-bond acceptors (Lipinski definition) is 2. The van der Waals surface area contributed by atoms with E-state index in [0.717, 1.165) is 11.1 Å². The highest BCUT2D eigenvalue weighted by molar-refractivity contribution is 9.10. The third-order valence-electron chi connectivity index (χ3n) is 2.79. The molecule has 0 radical (unpaired) electrons. The highest BCUT2D eigenvalue weighted by Gasteiger charge is 2.19. The highest BCUT2D eigenvalue weighted by atomic mass is 79.9. The van der Waals surface area contributed by atoms with Crippen molar-refractivity contribution in [2.75, 3.05) is 0 Å². The smallest absolute Gasteiger partial charge is 0.239 e. The zero-order chi connectivity index (χ0) is 14.6. The van der Waals surface area contributed by atoms with Crippen LogP contribution in [0.15, 0.2) is 57.9 Å². The van der Waals surface area contributed by atoms with E-state index >= 15 is 0 Å². The van der Waals surface area contributed by atoms with Gasteiger partial charge in [0.2, 0.25) is 6.54 Å². The van der Waals surface area contributed by atoms with Crippen LogP contribution in [0.1, 0.15) is 11.1 Å². The van der Waals surface area contributed by atoms with Crippen molar-refractivity contribution in [3.63, 3.8) is 0 Å². The molecule has 3 nitrogen and oxygen atoms in total. The first-order valence-corrected chi connectivity index (χ1v) is 8.36. The van der Waals surface area contributed by atoms with Gasteiger partial charge in [-0.15, -0.1) is 0 Å². The van der Waals surface area contributed by atoms with Crippen LogP contribution in [0.2, 0.25) is 0 Å². The largest absolute Gasteiger partial charge is 0.312 e. The van der Waals surface area contributed by atoms with Crippen LogP contribution in [-0.4, -0.2) is 8.42 Å². The lowest BCUT2D eigenvalue weighted by atomic mass is 10.2. The summed E-state index contributed by atoms with van der Waals surface area (Å²) >= 11 is 3.28. The Bertz CT molecular complexity index is 749. The average Bonchev–Trinajstić information content (AvgIpc) is 2.39. The van der Waals surface area contributed by atoms with Crippen molar-refractivity contribution in [1.82, 2.24) is 0 Å². The molecule has 0 aliphatic carbocycles. The predicted molar refractivity (Wildman–Crippen MR) is 81.8 cm³/mol. The van der Waals surface area contributed by atoms with Crippen molar-refractivity contribution >= 4 is 25.8 Å². The Kier molecular flexibility index (Phi) is 4.58. The minimum absolute atomic E-state index is 0.0331. The minimum atomic E-state index is -3.40. The van der Waals surface area contributed by atoms with Crippen LogP contribution in [-0.2, 0) is 22.1 Å². The van der Waals surface area contributed by atoms with Crippen LogP contribution in [0.4, 0.5) is 0 Å². The summed E-state index contributed by atoms with van der Waals surface area (Å²) in [6.07, 6.45) is 0. The summed E-state index contributed by atoms with van der Waals surface area (Å²) in [5, 5.41) is 0. The van der Waals surface area contributed by atoms with Gasteiger partial charge in [-0.2, -0.15) is 0 Å². The third-order valence-corrected chi connectivity index (χ3v) is 5.45. The quantitative estimate of drug-likeness (QED) is 0.786. The van der Waals surface area contributed by atoms with Crippen molar-refractivity contribution in [3.05, 3.63) is 75.5 Å². The standard InChI is InChI=1S/C15H12BrNO2S/c1-17-10-13-7-8-15(14(16)9-13)20(18,19)11-12-5-3-2-4-6-12/h2-9H,10-11H2. The Morgan fingerprint density at radius 1 is 1.05 bits per heavy atom. The number of sulfone groups is 1. The lowest BCUT2D eigenvalue weighted by molar-refractivity contribution is 0.595. The van der Waals surface area contributed by atoms with Gasteiger partial charge in [-0.05, 0) is 33.6 Å². The van der Waals surface area contributed by atoms with E-state index in [1.165, 1.54) is 0 Å². The van der Waals surface area contributed by atoms with Gasteiger partial charge in [0.05, 0.1) is 10.6 Å². The van der Waals surface area contributed by atoms with Gasteiger partial charge in [0.25, 0.3) is 0 Å². The van der Waals surface area contributed by atoms with Gasteiger partial charge in [0.15, 0.2) is 9.84 Å². The summed E-state index contributed by atoms with van der Waals surface area (Å²) in [7, 11) is -3.40. The molecule has 0 spiro atoms. The molecule has 5 heteroatoms. The molecule has 0 aliphatic rings. The third kappa shape index (κ3) is 3.47. The summed E-state index contributed by atoms with van der Waals surface area (Å²) in [5.41, 5.74) is 1.55. The number of benzene rings is 2. The van der Waals surface area contributed by atoms with Crippen molar-refractivity contribution < 1.29 is 8.42 Å². The fourth-order valence-corrected chi connectivity index (χ4v) is 4.44. The van der Waals surface area contributed by atoms with Crippen LogP contribution in [0.5, 0.6) is 0 Å². The van der Waals surface area contributed by atoms with E-state index in [-0.39, 0.29) is 17.2 Å². The SMILES string of the molecule is [C-]#[N+]Cc1ccc(S(=O)(=O)Cc2ccccc2)c(Br)c1. The summed E-state index contributed by atoms with van der Waals surface area (Å²) in [6.45, 7) is 7.07. The Morgan fingerprint density at radius 2 is 1.75 bits per heavy atom. The lowest BCUT2D eigenvalue weighted by Gasteiger charge is -2.07. The predicted octanol–water partition coefficient (Wildman–Crippen LogP) is 3.84. The van der Waals surface area contributed by atoms with E-state index in [9.17, 15) is 8.42 Å². The Balaban J connectivity index is 2.33. The van der Waals surface area contributed by atoms with E-state index < -0.39 is 9.84 Å². The molecule has 2 aromatic rings. The summed E-state index contributed by atoms with van der Waals surface area (Å²) in [5.74, 6) is -0.0331. The second-order valence-corrected chi connectivity index (χ2v) is 7.14. The second-order valence-electron chi connectivity index (χ2n) is 4.33. The van der Waals surface area contributed by atoms with Crippen LogP contribution in [0.3, 0.4) is 0 Å². The van der Waals surface area contributed by atoms with Crippen LogP contribution in [0.25, 0.3) is 4.85 Å². The van der Waals surface area contributed by atoms with Crippen molar-refractivity contribution in [3.8, 4) is 0 Å². The fourth-order valence-electron chi connectivity index (χ4n) is 1.86. The molecule has 0 aromatic heterocycles. The number of halogens is 1. The Labute approximate surface area is 127 Å². The maximum atomic E-state index is 12.4. The van der Waals surface area contributed by atoms with Crippen LogP contribution >= 0.6 is 15.9 Å². The van der Waals surface area contributed by atoms with Crippen molar-refractivity contribution in [2.24, 2.45) is 0 Å².